The fourth-order valence-corrected chi connectivity index (χ4v) is 3.47. The van der Waals surface area contributed by atoms with Gasteiger partial charge in [0.05, 0.1) is 0 Å². The van der Waals surface area contributed by atoms with Crippen molar-refractivity contribution in [2.24, 2.45) is 0 Å². The Morgan fingerprint density at radius 2 is 1.48 bits per heavy atom. The van der Waals surface area contributed by atoms with Crippen LogP contribution in [0.25, 0.3) is 0 Å². The highest BCUT2D eigenvalue weighted by Crippen LogP contribution is 2.18. The molecule has 0 saturated heterocycles. The molecule has 1 rings (SSSR count). The second kappa shape index (κ2) is 13.9. The van der Waals surface area contributed by atoms with E-state index >= 15 is 0 Å². The quantitative estimate of drug-likeness (QED) is 0.193. The summed E-state index contributed by atoms with van der Waals surface area (Å²) in [6.45, 7) is 5.99. The van der Waals surface area contributed by atoms with E-state index in [9.17, 15) is 4.79 Å². The van der Waals surface area contributed by atoms with Crippen molar-refractivity contribution in [1.29, 1.82) is 0 Å². The van der Waals surface area contributed by atoms with Gasteiger partial charge in [-0.15, -0.1) is 0 Å². The molecule has 25 heavy (non-hydrogen) atoms. The molecule has 0 unspecified atom stereocenters. The maximum Gasteiger partial charge on any atom is 0.160 e. The highest BCUT2D eigenvalue weighted by Gasteiger charge is 2.09. The minimum Gasteiger partial charge on any atom is -0.294 e. The highest BCUT2D eigenvalue weighted by atomic mass is 16.1. The van der Waals surface area contributed by atoms with Gasteiger partial charge in [0.1, 0.15) is 0 Å². The Balaban J connectivity index is 2.07. The summed E-state index contributed by atoms with van der Waals surface area (Å²) in [5, 5.41) is 0. The first-order chi connectivity index (χ1) is 12.2. The highest BCUT2D eigenvalue weighted by molar-refractivity contribution is 5.97. The third-order valence-corrected chi connectivity index (χ3v) is 4.92. The van der Waals surface area contributed by atoms with Gasteiger partial charge in [0.25, 0.3) is 0 Å². The van der Waals surface area contributed by atoms with Crippen LogP contribution in [-0.2, 0) is 6.42 Å². The van der Waals surface area contributed by atoms with Gasteiger partial charge >= 0.3 is 0 Å². The minimum atomic E-state index is 0.203. The molecule has 0 N–H and O–H groups in total. The lowest BCUT2D eigenvalue weighted by Gasteiger charge is -2.09. The molecule has 0 aliphatic rings. The van der Waals surface area contributed by atoms with Crippen LogP contribution < -0.4 is 0 Å². The smallest absolute Gasteiger partial charge is 0.160 e. The van der Waals surface area contributed by atoms with Gasteiger partial charge in [-0.05, 0) is 63.5 Å². The summed E-state index contributed by atoms with van der Waals surface area (Å²) < 4.78 is 0. The summed E-state index contributed by atoms with van der Waals surface area (Å²) in [5.74, 6) is 0.203. The summed E-state index contributed by atoms with van der Waals surface area (Å²) in [7, 11) is 0. The average Bonchev–Trinajstić information content (AvgIpc) is 2.58. The number of unbranched alkanes of at least 4 members (excludes halogenated alkanes) is 9. The molecule has 0 spiro atoms. The third-order valence-electron chi connectivity index (χ3n) is 4.92. The van der Waals surface area contributed by atoms with E-state index in [1.165, 1.54) is 76.2 Å². The SMILES string of the molecule is CCCCCCC=CCCCCCCCc1cccc(C)c1C(C)=O. The number of Topliss-reactive ketones (excluding diaryl/α,β-unsaturated/α-hetero) is 1. The molecule has 1 aromatic carbocycles. The standard InChI is InChI=1S/C24H38O/c1-4-5-6-7-8-9-10-11-12-13-14-15-16-19-23-20-17-18-21(2)24(23)22(3)25/h9-10,17-18,20H,4-8,11-16,19H2,1-3H3. The number of carbonyl (C=O) groups excluding carboxylic acids is 1. The lowest BCUT2D eigenvalue weighted by molar-refractivity contribution is 0.101. The molecular weight excluding hydrogens is 304 g/mol. The molecule has 0 saturated carbocycles. The van der Waals surface area contributed by atoms with Gasteiger partial charge in [-0.1, -0.05) is 75.8 Å². The molecule has 0 heterocycles. The molecular formula is C24H38O. The summed E-state index contributed by atoms with van der Waals surface area (Å²) in [4.78, 5) is 11.8. The Hall–Kier alpha value is -1.37. The van der Waals surface area contributed by atoms with E-state index < -0.39 is 0 Å². The number of benzene rings is 1. The van der Waals surface area contributed by atoms with Gasteiger partial charge in [0.15, 0.2) is 5.78 Å². The molecule has 0 bridgehead atoms. The second-order valence-corrected chi connectivity index (χ2v) is 7.29. The molecule has 0 aliphatic heterocycles. The first-order valence-corrected chi connectivity index (χ1v) is 10.4. The maximum absolute atomic E-state index is 11.8. The molecule has 0 fully saturated rings. The number of aryl methyl sites for hydroxylation is 2. The Morgan fingerprint density at radius 3 is 2.12 bits per heavy atom. The molecule has 1 nitrogen and oxygen atoms in total. The van der Waals surface area contributed by atoms with Crippen LogP contribution in [-0.4, -0.2) is 5.78 Å². The second-order valence-electron chi connectivity index (χ2n) is 7.29. The number of allylic oxidation sites excluding steroid dienone is 2. The van der Waals surface area contributed by atoms with Crippen LogP contribution in [0.15, 0.2) is 30.4 Å². The van der Waals surface area contributed by atoms with Crippen molar-refractivity contribution in [3.8, 4) is 0 Å². The third kappa shape index (κ3) is 9.63. The Kier molecular flexibility index (Phi) is 12.0. The maximum atomic E-state index is 11.8. The monoisotopic (exact) mass is 342 g/mol. The van der Waals surface area contributed by atoms with E-state index in [1.807, 2.05) is 13.0 Å². The largest absolute Gasteiger partial charge is 0.294 e. The molecule has 0 aliphatic carbocycles. The first kappa shape index (κ1) is 21.7. The Labute approximate surface area is 155 Å². The van der Waals surface area contributed by atoms with Gasteiger partial charge in [-0.2, -0.15) is 0 Å². The van der Waals surface area contributed by atoms with E-state index in [-0.39, 0.29) is 5.78 Å². The zero-order valence-corrected chi connectivity index (χ0v) is 16.8. The molecule has 1 aromatic rings. The van der Waals surface area contributed by atoms with Crippen LogP contribution in [0.3, 0.4) is 0 Å². The van der Waals surface area contributed by atoms with Crippen molar-refractivity contribution in [3.05, 3.63) is 47.0 Å². The van der Waals surface area contributed by atoms with Gasteiger partial charge < -0.3 is 0 Å². The van der Waals surface area contributed by atoms with Gasteiger partial charge in [-0.3, -0.25) is 4.79 Å². The van der Waals surface area contributed by atoms with Crippen LogP contribution in [0, 0.1) is 6.92 Å². The topological polar surface area (TPSA) is 17.1 Å². The van der Waals surface area contributed by atoms with Crippen LogP contribution in [0.2, 0.25) is 0 Å². The van der Waals surface area contributed by atoms with Crippen molar-refractivity contribution in [1.82, 2.24) is 0 Å². The van der Waals surface area contributed by atoms with Gasteiger partial charge in [0, 0.05) is 5.56 Å². The lowest BCUT2D eigenvalue weighted by atomic mass is 9.95. The van der Waals surface area contributed by atoms with Crippen LogP contribution in [0.1, 0.15) is 106 Å². The van der Waals surface area contributed by atoms with Crippen molar-refractivity contribution in [2.45, 2.75) is 97.8 Å². The number of hydrogen-bond acceptors (Lipinski definition) is 1. The average molecular weight is 343 g/mol. The molecule has 0 amide bonds. The predicted octanol–water partition coefficient (Wildman–Crippen LogP) is 7.61. The van der Waals surface area contributed by atoms with Crippen molar-refractivity contribution < 1.29 is 4.79 Å². The molecule has 1 heteroatoms. The zero-order valence-electron chi connectivity index (χ0n) is 16.8. The fraction of sp³-hybridized carbons (Fsp3) is 0.625. The molecule has 0 atom stereocenters. The van der Waals surface area contributed by atoms with Crippen molar-refractivity contribution >= 4 is 5.78 Å². The van der Waals surface area contributed by atoms with E-state index in [4.69, 9.17) is 0 Å². The summed E-state index contributed by atoms with van der Waals surface area (Å²) in [6.07, 6.45) is 20.1. The minimum absolute atomic E-state index is 0.203. The lowest BCUT2D eigenvalue weighted by Crippen LogP contribution is -2.02. The van der Waals surface area contributed by atoms with E-state index in [1.54, 1.807) is 6.92 Å². The number of carbonyl (C=O) groups is 1. The van der Waals surface area contributed by atoms with E-state index in [0.717, 1.165) is 17.5 Å². The predicted molar refractivity (Wildman–Crippen MR) is 110 cm³/mol. The summed E-state index contributed by atoms with van der Waals surface area (Å²) >= 11 is 0. The summed E-state index contributed by atoms with van der Waals surface area (Å²) in [5.41, 5.74) is 3.30. The van der Waals surface area contributed by atoms with Crippen LogP contribution >= 0.6 is 0 Å². The molecule has 0 aromatic heterocycles. The van der Waals surface area contributed by atoms with Crippen molar-refractivity contribution in [3.63, 3.8) is 0 Å². The zero-order chi connectivity index (χ0) is 18.3. The Morgan fingerprint density at radius 1 is 0.880 bits per heavy atom. The molecule has 140 valence electrons. The number of rotatable bonds is 14. The van der Waals surface area contributed by atoms with Gasteiger partial charge in [0.2, 0.25) is 0 Å². The normalized spacial score (nSPS) is 11.3. The number of hydrogen-bond donors (Lipinski definition) is 0. The number of ketones is 1. The molecule has 0 radical (unpaired) electrons. The van der Waals surface area contributed by atoms with Gasteiger partial charge in [-0.25, -0.2) is 0 Å². The summed E-state index contributed by atoms with van der Waals surface area (Å²) in [6, 6.07) is 6.23. The van der Waals surface area contributed by atoms with E-state index in [0.29, 0.717) is 0 Å². The Bertz CT molecular complexity index is 513. The van der Waals surface area contributed by atoms with Crippen molar-refractivity contribution in [2.75, 3.05) is 0 Å². The van der Waals surface area contributed by atoms with Crippen LogP contribution in [0.5, 0.6) is 0 Å². The van der Waals surface area contributed by atoms with E-state index in [2.05, 4.69) is 31.2 Å². The fourth-order valence-electron chi connectivity index (χ4n) is 3.47. The van der Waals surface area contributed by atoms with Crippen LogP contribution in [0.4, 0.5) is 0 Å². The first-order valence-electron chi connectivity index (χ1n) is 10.4.